The van der Waals surface area contributed by atoms with Gasteiger partial charge in [0.25, 0.3) is 5.91 Å². The Morgan fingerprint density at radius 2 is 1.65 bits per heavy atom. The van der Waals surface area contributed by atoms with E-state index in [1.54, 1.807) is 19.9 Å². The van der Waals surface area contributed by atoms with Gasteiger partial charge in [-0.25, -0.2) is 13.1 Å². The van der Waals surface area contributed by atoms with Crippen molar-refractivity contribution in [3.63, 3.8) is 0 Å². The van der Waals surface area contributed by atoms with Gasteiger partial charge in [0, 0.05) is 11.7 Å². The maximum Gasteiger partial charge on any atom is 0.257 e. The molecule has 0 aliphatic heterocycles. The highest BCUT2D eigenvalue weighted by atomic mass is 35.5. The summed E-state index contributed by atoms with van der Waals surface area (Å²) < 4.78 is 27.3. The van der Waals surface area contributed by atoms with Gasteiger partial charge in [-0.15, -0.1) is 0 Å². The van der Waals surface area contributed by atoms with Gasteiger partial charge >= 0.3 is 0 Å². The van der Waals surface area contributed by atoms with Crippen molar-refractivity contribution in [2.45, 2.75) is 38.6 Å². The molecule has 2 N–H and O–H groups in total. The van der Waals surface area contributed by atoms with Crippen molar-refractivity contribution in [3.8, 4) is 0 Å². The average molecular weight is 415 g/mol. The Balaban J connectivity index is 2.41. The zero-order valence-electron chi connectivity index (χ0n) is 14.9. The van der Waals surface area contributed by atoms with Gasteiger partial charge in [-0.2, -0.15) is 0 Å². The summed E-state index contributed by atoms with van der Waals surface area (Å²) in [6, 6.07) is 7.60. The molecule has 2 aromatic rings. The highest BCUT2D eigenvalue weighted by Gasteiger charge is 2.23. The molecule has 140 valence electrons. The zero-order valence-corrected chi connectivity index (χ0v) is 17.2. The summed E-state index contributed by atoms with van der Waals surface area (Å²) >= 11 is 12.2. The first kappa shape index (κ1) is 20.7. The van der Waals surface area contributed by atoms with Crippen LogP contribution < -0.4 is 10.0 Å². The first-order chi connectivity index (χ1) is 12.0. The summed E-state index contributed by atoms with van der Waals surface area (Å²) in [5.41, 5.74) is 2.74. The summed E-state index contributed by atoms with van der Waals surface area (Å²) in [7, 11) is -3.87. The Bertz CT molecular complexity index is 957. The lowest BCUT2D eigenvalue weighted by Crippen LogP contribution is -2.30. The number of nitrogens with one attached hydrogen (secondary N) is 2. The minimum Gasteiger partial charge on any atom is -0.322 e. The molecule has 8 heteroatoms. The van der Waals surface area contributed by atoms with Crippen molar-refractivity contribution < 1.29 is 13.2 Å². The Hall–Kier alpha value is -1.60. The van der Waals surface area contributed by atoms with Crippen LogP contribution in [0.2, 0.25) is 10.0 Å². The van der Waals surface area contributed by atoms with Crippen molar-refractivity contribution in [1.29, 1.82) is 0 Å². The second kappa shape index (κ2) is 7.96. The normalized spacial score (nSPS) is 11.7. The standard InChI is InChI=1S/C18H20Cl2N2O3S/c1-10(2)22-26(24,25)17-8-14(15(19)9-16(17)20)18(23)21-13-6-5-11(3)12(4)7-13/h5-10,22H,1-4H3,(H,21,23). The lowest BCUT2D eigenvalue weighted by molar-refractivity contribution is 0.102. The van der Waals surface area contributed by atoms with Crippen LogP contribution in [0.1, 0.15) is 35.3 Å². The Morgan fingerprint density at radius 3 is 2.23 bits per heavy atom. The molecule has 5 nitrogen and oxygen atoms in total. The number of carbonyl (C=O) groups is 1. The molecule has 1 amide bonds. The molecule has 0 unspecified atom stereocenters. The largest absolute Gasteiger partial charge is 0.322 e. The molecule has 0 aliphatic rings. The van der Waals surface area contributed by atoms with Crippen LogP contribution >= 0.6 is 23.2 Å². The van der Waals surface area contributed by atoms with Gasteiger partial charge in [-0.3, -0.25) is 4.79 Å². The molecule has 0 heterocycles. The molecule has 2 rings (SSSR count). The number of carbonyl (C=O) groups excluding carboxylic acids is 1. The van der Waals surface area contributed by atoms with Crippen molar-refractivity contribution in [2.75, 3.05) is 5.32 Å². The molecule has 0 saturated carbocycles. The van der Waals surface area contributed by atoms with Crippen LogP contribution in [0.3, 0.4) is 0 Å². The molecule has 26 heavy (non-hydrogen) atoms. The number of aryl methyl sites for hydroxylation is 2. The van der Waals surface area contributed by atoms with Gasteiger partial charge in [-0.1, -0.05) is 29.3 Å². The van der Waals surface area contributed by atoms with E-state index in [-0.39, 0.29) is 26.5 Å². The van der Waals surface area contributed by atoms with Crippen LogP contribution in [0.15, 0.2) is 35.2 Å². The van der Waals surface area contributed by atoms with E-state index in [2.05, 4.69) is 10.0 Å². The van der Waals surface area contributed by atoms with Crippen LogP contribution in [0, 0.1) is 13.8 Å². The fraction of sp³-hybridized carbons (Fsp3) is 0.278. The third-order valence-corrected chi connectivity index (χ3v) is 6.15. The van der Waals surface area contributed by atoms with E-state index >= 15 is 0 Å². The van der Waals surface area contributed by atoms with E-state index in [0.717, 1.165) is 11.1 Å². The number of rotatable bonds is 5. The van der Waals surface area contributed by atoms with Crippen LogP contribution in [-0.2, 0) is 10.0 Å². The van der Waals surface area contributed by atoms with Crippen LogP contribution in [0.25, 0.3) is 0 Å². The topological polar surface area (TPSA) is 75.3 Å². The number of halogens is 2. The predicted molar refractivity (Wildman–Crippen MR) is 106 cm³/mol. The highest BCUT2D eigenvalue weighted by molar-refractivity contribution is 7.89. The average Bonchev–Trinajstić information content (AvgIpc) is 2.49. The molecule has 0 aromatic heterocycles. The molecule has 0 radical (unpaired) electrons. The monoisotopic (exact) mass is 414 g/mol. The third-order valence-electron chi connectivity index (χ3n) is 3.71. The number of hydrogen-bond acceptors (Lipinski definition) is 3. The summed E-state index contributed by atoms with van der Waals surface area (Å²) in [6.07, 6.45) is 0. The van der Waals surface area contributed by atoms with Gasteiger partial charge in [-0.05, 0) is 63.1 Å². The van der Waals surface area contributed by atoms with Gasteiger partial charge in [0.2, 0.25) is 10.0 Å². The molecular weight excluding hydrogens is 395 g/mol. The SMILES string of the molecule is Cc1ccc(NC(=O)c2cc(S(=O)(=O)NC(C)C)c(Cl)cc2Cl)cc1C. The van der Waals surface area contributed by atoms with Crippen LogP contribution in [0.5, 0.6) is 0 Å². The van der Waals surface area contributed by atoms with E-state index in [9.17, 15) is 13.2 Å². The van der Waals surface area contributed by atoms with Crippen molar-refractivity contribution in [3.05, 3.63) is 57.1 Å². The third kappa shape index (κ3) is 4.76. The smallest absolute Gasteiger partial charge is 0.257 e. The fourth-order valence-electron chi connectivity index (χ4n) is 2.30. The van der Waals surface area contributed by atoms with Crippen molar-refractivity contribution in [1.82, 2.24) is 4.72 Å². The van der Waals surface area contributed by atoms with Crippen LogP contribution in [-0.4, -0.2) is 20.4 Å². The van der Waals surface area contributed by atoms with Crippen molar-refractivity contribution >= 4 is 44.8 Å². The van der Waals surface area contributed by atoms with Gasteiger partial charge in [0.1, 0.15) is 4.90 Å². The first-order valence-electron chi connectivity index (χ1n) is 7.91. The number of benzene rings is 2. The minimum atomic E-state index is -3.87. The van der Waals surface area contributed by atoms with E-state index in [4.69, 9.17) is 23.2 Å². The summed E-state index contributed by atoms with van der Waals surface area (Å²) in [6.45, 7) is 7.28. The molecule has 0 saturated heterocycles. The van der Waals surface area contributed by atoms with E-state index < -0.39 is 15.9 Å². The molecule has 0 fully saturated rings. The molecule has 0 bridgehead atoms. The first-order valence-corrected chi connectivity index (χ1v) is 10.1. The maximum atomic E-state index is 12.6. The molecular formula is C18H20Cl2N2O3S. The number of sulfonamides is 1. The molecule has 0 spiro atoms. The highest BCUT2D eigenvalue weighted by Crippen LogP contribution is 2.29. The number of hydrogen-bond donors (Lipinski definition) is 2. The van der Waals surface area contributed by atoms with E-state index in [1.165, 1.54) is 12.1 Å². The Morgan fingerprint density at radius 1 is 1.00 bits per heavy atom. The maximum absolute atomic E-state index is 12.6. The van der Waals surface area contributed by atoms with Gasteiger partial charge in [0.15, 0.2) is 0 Å². The molecule has 2 aromatic carbocycles. The van der Waals surface area contributed by atoms with E-state index in [0.29, 0.717) is 5.69 Å². The van der Waals surface area contributed by atoms with Crippen molar-refractivity contribution in [2.24, 2.45) is 0 Å². The van der Waals surface area contributed by atoms with Gasteiger partial charge in [0.05, 0.1) is 15.6 Å². The summed E-state index contributed by atoms with van der Waals surface area (Å²) in [4.78, 5) is 12.4. The fourth-order valence-corrected chi connectivity index (χ4v) is 4.41. The zero-order chi connectivity index (χ0) is 19.6. The Kier molecular flexibility index (Phi) is 6.34. The second-order valence-electron chi connectivity index (χ2n) is 6.29. The lowest BCUT2D eigenvalue weighted by atomic mass is 10.1. The molecule has 0 atom stereocenters. The lowest BCUT2D eigenvalue weighted by Gasteiger charge is -2.14. The number of amides is 1. The summed E-state index contributed by atoms with van der Waals surface area (Å²) in [5, 5.41) is 2.74. The minimum absolute atomic E-state index is 0.0263. The second-order valence-corrected chi connectivity index (χ2v) is 8.79. The Labute approximate surface area is 163 Å². The van der Waals surface area contributed by atoms with Gasteiger partial charge < -0.3 is 5.32 Å². The summed E-state index contributed by atoms with van der Waals surface area (Å²) in [5.74, 6) is -0.518. The predicted octanol–water partition coefficient (Wildman–Crippen LogP) is 4.55. The number of anilines is 1. The quantitative estimate of drug-likeness (QED) is 0.753. The van der Waals surface area contributed by atoms with Crippen LogP contribution in [0.4, 0.5) is 5.69 Å². The van der Waals surface area contributed by atoms with E-state index in [1.807, 2.05) is 26.0 Å². The molecule has 0 aliphatic carbocycles.